The third kappa shape index (κ3) is 6.05. The quantitative estimate of drug-likeness (QED) is 0.608. The van der Waals surface area contributed by atoms with Gasteiger partial charge in [-0.2, -0.15) is 0 Å². The lowest BCUT2D eigenvalue weighted by molar-refractivity contribution is 0.145. The summed E-state index contributed by atoms with van der Waals surface area (Å²) in [5.74, 6) is 0. The number of hydrogen-bond donors (Lipinski definition) is 2. The van der Waals surface area contributed by atoms with Gasteiger partial charge in [-0.15, -0.1) is 0 Å². The molecule has 0 aliphatic heterocycles. The first-order valence-electron chi connectivity index (χ1n) is 3.86. The SMILES string of the molecule is [CH2]C(O)CCCC(O)CC. The molecule has 0 aliphatic carbocycles. The molecule has 0 rings (SSSR count). The highest BCUT2D eigenvalue weighted by Crippen LogP contribution is 2.05. The lowest BCUT2D eigenvalue weighted by atomic mass is 10.1. The molecule has 0 bridgehead atoms. The van der Waals surface area contributed by atoms with Crippen LogP contribution in [0.5, 0.6) is 0 Å². The van der Waals surface area contributed by atoms with Crippen LogP contribution in [0.15, 0.2) is 0 Å². The van der Waals surface area contributed by atoms with Crippen LogP contribution in [0.1, 0.15) is 32.6 Å². The maximum absolute atomic E-state index is 9.07. The van der Waals surface area contributed by atoms with Crippen molar-refractivity contribution >= 4 is 0 Å². The molecule has 2 unspecified atom stereocenters. The van der Waals surface area contributed by atoms with Gasteiger partial charge in [-0.1, -0.05) is 6.92 Å². The van der Waals surface area contributed by atoms with Crippen molar-refractivity contribution < 1.29 is 10.2 Å². The van der Waals surface area contributed by atoms with Crippen LogP contribution < -0.4 is 0 Å². The summed E-state index contributed by atoms with van der Waals surface area (Å²) in [6.07, 6.45) is 2.47. The van der Waals surface area contributed by atoms with E-state index in [-0.39, 0.29) is 6.10 Å². The zero-order valence-electron chi connectivity index (χ0n) is 6.58. The lowest BCUT2D eigenvalue weighted by Gasteiger charge is -2.07. The van der Waals surface area contributed by atoms with Crippen molar-refractivity contribution in [3.63, 3.8) is 0 Å². The predicted octanol–water partition coefficient (Wildman–Crippen LogP) is 1.12. The molecule has 61 valence electrons. The second-order valence-corrected chi connectivity index (χ2v) is 2.65. The van der Waals surface area contributed by atoms with Crippen molar-refractivity contribution in [3.8, 4) is 0 Å². The summed E-state index contributed by atoms with van der Waals surface area (Å²) in [7, 11) is 0. The monoisotopic (exact) mass is 145 g/mol. The molecule has 2 nitrogen and oxygen atoms in total. The number of aliphatic hydroxyl groups is 2. The summed E-state index contributed by atoms with van der Waals surface area (Å²) in [5, 5.41) is 17.8. The van der Waals surface area contributed by atoms with Gasteiger partial charge in [0, 0.05) is 0 Å². The van der Waals surface area contributed by atoms with Gasteiger partial charge in [0.2, 0.25) is 0 Å². The Morgan fingerprint density at radius 1 is 1.30 bits per heavy atom. The van der Waals surface area contributed by atoms with Crippen molar-refractivity contribution in [2.24, 2.45) is 0 Å². The smallest absolute Gasteiger partial charge is 0.0541 e. The van der Waals surface area contributed by atoms with Crippen LogP contribution in [0.2, 0.25) is 0 Å². The molecule has 1 radical (unpaired) electrons. The Bertz CT molecular complexity index is 71.7. The van der Waals surface area contributed by atoms with Gasteiger partial charge in [-0.05, 0) is 32.6 Å². The summed E-state index contributed by atoms with van der Waals surface area (Å²) in [4.78, 5) is 0. The molecule has 0 aromatic rings. The van der Waals surface area contributed by atoms with E-state index in [4.69, 9.17) is 10.2 Å². The van der Waals surface area contributed by atoms with E-state index in [0.29, 0.717) is 6.42 Å². The molecule has 0 fully saturated rings. The van der Waals surface area contributed by atoms with Gasteiger partial charge in [0.15, 0.2) is 0 Å². The predicted molar refractivity (Wildman–Crippen MR) is 41.5 cm³/mol. The van der Waals surface area contributed by atoms with Crippen LogP contribution in [-0.2, 0) is 0 Å². The third-order valence-electron chi connectivity index (χ3n) is 1.55. The largest absolute Gasteiger partial charge is 0.393 e. The van der Waals surface area contributed by atoms with Crippen LogP contribution >= 0.6 is 0 Å². The minimum atomic E-state index is -0.468. The second-order valence-electron chi connectivity index (χ2n) is 2.65. The van der Waals surface area contributed by atoms with Crippen LogP contribution in [0.4, 0.5) is 0 Å². The fourth-order valence-electron chi connectivity index (χ4n) is 0.793. The van der Waals surface area contributed by atoms with E-state index < -0.39 is 6.10 Å². The molecular formula is C8H17O2. The first kappa shape index (κ1) is 9.92. The Hall–Kier alpha value is -0.0800. The minimum absolute atomic E-state index is 0.196. The van der Waals surface area contributed by atoms with E-state index in [1.54, 1.807) is 0 Å². The molecule has 0 heterocycles. The van der Waals surface area contributed by atoms with Crippen molar-refractivity contribution in [1.82, 2.24) is 0 Å². The van der Waals surface area contributed by atoms with Crippen molar-refractivity contribution in [3.05, 3.63) is 6.92 Å². The lowest BCUT2D eigenvalue weighted by Crippen LogP contribution is -2.06. The molecule has 0 aromatic heterocycles. The molecule has 0 saturated heterocycles. The normalized spacial score (nSPS) is 16.8. The molecule has 2 N–H and O–H groups in total. The van der Waals surface area contributed by atoms with E-state index >= 15 is 0 Å². The molecule has 0 saturated carbocycles. The fraction of sp³-hybridized carbons (Fsp3) is 0.875. The van der Waals surface area contributed by atoms with Crippen molar-refractivity contribution in [1.29, 1.82) is 0 Å². The van der Waals surface area contributed by atoms with Crippen molar-refractivity contribution in [2.45, 2.75) is 44.8 Å². The Morgan fingerprint density at radius 2 is 1.90 bits per heavy atom. The molecule has 0 aromatic carbocycles. The molecule has 0 aliphatic rings. The Labute approximate surface area is 62.9 Å². The van der Waals surface area contributed by atoms with Gasteiger partial charge in [-0.3, -0.25) is 0 Å². The van der Waals surface area contributed by atoms with Crippen LogP contribution in [0.25, 0.3) is 0 Å². The summed E-state index contributed by atoms with van der Waals surface area (Å²) in [6, 6.07) is 0. The fourth-order valence-corrected chi connectivity index (χ4v) is 0.793. The number of aliphatic hydroxyl groups excluding tert-OH is 2. The van der Waals surface area contributed by atoms with E-state index in [2.05, 4.69) is 6.92 Å². The van der Waals surface area contributed by atoms with Crippen molar-refractivity contribution in [2.75, 3.05) is 0 Å². The van der Waals surface area contributed by atoms with E-state index in [1.165, 1.54) is 0 Å². The van der Waals surface area contributed by atoms with E-state index in [1.807, 2.05) is 6.92 Å². The van der Waals surface area contributed by atoms with Crippen LogP contribution in [0.3, 0.4) is 0 Å². The molecular weight excluding hydrogens is 128 g/mol. The summed E-state index contributed by atoms with van der Waals surface area (Å²) in [6.45, 7) is 5.38. The van der Waals surface area contributed by atoms with Gasteiger partial charge >= 0.3 is 0 Å². The van der Waals surface area contributed by atoms with Gasteiger partial charge in [0.05, 0.1) is 12.2 Å². The molecule has 0 amide bonds. The zero-order chi connectivity index (χ0) is 7.98. The Kier molecular flexibility index (Phi) is 5.64. The number of hydrogen-bond acceptors (Lipinski definition) is 2. The van der Waals surface area contributed by atoms with E-state index in [9.17, 15) is 0 Å². The molecule has 0 spiro atoms. The highest BCUT2D eigenvalue weighted by molar-refractivity contribution is 4.59. The average Bonchev–Trinajstić information content (AvgIpc) is 1.87. The average molecular weight is 145 g/mol. The standard InChI is InChI=1S/C8H17O2/c1-3-8(10)6-4-5-7(2)9/h7-10H,2-6H2,1H3. The summed E-state index contributed by atoms with van der Waals surface area (Å²) < 4.78 is 0. The van der Waals surface area contributed by atoms with Crippen LogP contribution in [0, 0.1) is 6.92 Å². The first-order valence-corrected chi connectivity index (χ1v) is 3.86. The van der Waals surface area contributed by atoms with Gasteiger partial charge < -0.3 is 10.2 Å². The Morgan fingerprint density at radius 3 is 2.30 bits per heavy atom. The maximum atomic E-state index is 9.07. The summed E-state index contributed by atoms with van der Waals surface area (Å²) >= 11 is 0. The van der Waals surface area contributed by atoms with Crippen LogP contribution in [-0.4, -0.2) is 22.4 Å². The summed E-state index contributed by atoms with van der Waals surface area (Å²) in [5.41, 5.74) is 0. The highest BCUT2D eigenvalue weighted by Gasteiger charge is 2.01. The zero-order valence-corrected chi connectivity index (χ0v) is 6.58. The minimum Gasteiger partial charge on any atom is -0.393 e. The van der Waals surface area contributed by atoms with Gasteiger partial charge in [0.1, 0.15) is 0 Å². The second kappa shape index (κ2) is 5.69. The topological polar surface area (TPSA) is 40.5 Å². The van der Waals surface area contributed by atoms with Gasteiger partial charge in [0.25, 0.3) is 0 Å². The maximum Gasteiger partial charge on any atom is 0.0541 e. The third-order valence-corrected chi connectivity index (χ3v) is 1.55. The number of rotatable bonds is 5. The molecule has 2 atom stereocenters. The molecule has 10 heavy (non-hydrogen) atoms. The molecule has 2 heteroatoms. The Balaban J connectivity index is 3.03. The highest BCUT2D eigenvalue weighted by atomic mass is 16.3. The van der Waals surface area contributed by atoms with E-state index in [0.717, 1.165) is 19.3 Å². The van der Waals surface area contributed by atoms with Gasteiger partial charge in [-0.25, -0.2) is 0 Å². The first-order chi connectivity index (χ1) is 4.66.